The summed E-state index contributed by atoms with van der Waals surface area (Å²) in [5.41, 5.74) is 1.43. The first-order valence-corrected chi connectivity index (χ1v) is 11.3. The van der Waals surface area contributed by atoms with Gasteiger partial charge in [0.1, 0.15) is 6.61 Å². The molecule has 2 aliphatic rings. The Kier molecular flexibility index (Phi) is 6.86. The minimum Gasteiger partial charge on any atom is -0.370 e. The van der Waals surface area contributed by atoms with Gasteiger partial charge in [-0.15, -0.1) is 11.3 Å². The number of thiophene rings is 1. The Balaban J connectivity index is 1.32. The van der Waals surface area contributed by atoms with Gasteiger partial charge in [0.05, 0.1) is 28.5 Å². The predicted octanol–water partition coefficient (Wildman–Crippen LogP) is 2.81. The van der Waals surface area contributed by atoms with Crippen LogP contribution in [0.5, 0.6) is 0 Å². The summed E-state index contributed by atoms with van der Waals surface area (Å²) in [6.07, 6.45) is 1.55. The van der Waals surface area contributed by atoms with Crippen molar-refractivity contribution in [1.29, 1.82) is 0 Å². The number of carbonyl (C=O) groups excluding carboxylic acids is 3. The molecule has 31 heavy (non-hydrogen) atoms. The van der Waals surface area contributed by atoms with Crippen molar-refractivity contribution in [2.75, 3.05) is 48.4 Å². The summed E-state index contributed by atoms with van der Waals surface area (Å²) in [5.74, 6) is -0.384. The van der Waals surface area contributed by atoms with Crippen molar-refractivity contribution in [2.45, 2.75) is 18.9 Å². The highest BCUT2D eigenvalue weighted by atomic mass is 35.5. The van der Waals surface area contributed by atoms with Crippen LogP contribution in [0.2, 0.25) is 4.34 Å². The molecule has 0 spiro atoms. The monoisotopic (exact) mass is 462 g/mol. The van der Waals surface area contributed by atoms with E-state index in [9.17, 15) is 14.4 Å². The van der Waals surface area contributed by atoms with E-state index in [0.717, 1.165) is 12.1 Å². The second-order valence-electron chi connectivity index (χ2n) is 7.41. The van der Waals surface area contributed by atoms with E-state index in [1.54, 1.807) is 29.2 Å². The molecule has 2 saturated heterocycles. The third-order valence-electron chi connectivity index (χ3n) is 5.28. The number of likely N-dealkylation sites (tertiary alicyclic amines) is 1. The number of anilines is 3. The quantitative estimate of drug-likeness (QED) is 0.688. The minimum atomic E-state index is -0.363. The maximum atomic E-state index is 12.8. The fraction of sp³-hybridized carbons (Fsp3) is 0.381. The van der Waals surface area contributed by atoms with Crippen molar-refractivity contribution in [2.24, 2.45) is 0 Å². The van der Waals surface area contributed by atoms with Gasteiger partial charge in [-0.1, -0.05) is 11.6 Å². The summed E-state index contributed by atoms with van der Waals surface area (Å²) in [6, 6.07) is 10.3. The zero-order valence-electron chi connectivity index (χ0n) is 16.8. The van der Waals surface area contributed by atoms with Crippen LogP contribution in [0.4, 0.5) is 16.4 Å². The standard InChI is InChI=1S/C21H23ClN4O4S/c22-17-7-8-19(31-17)24-18(27)12-25-9-1-2-16(25)21(29)23-14-3-5-15(6-4-14)26-10-11-30-13-20(26)28/h3-8,16H,1-2,9-13H2,(H,23,29)(H,24,27)/t16-/m0/s1. The first-order valence-electron chi connectivity index (χ1n) is 10.1. The molecule has 0 unspecified atom stereocenters. The number of hydrogen-bond acceptors (Lipinski definition) is 6. The Hall–Kier alpha value is -2.46. The van der Waals surface area contributed by atoms with Crippen LogP contribution >= 0.6 is 22.9 Å². The topological polar surface area (TPSA) is 91.0 Å². The van der Waals surface area contributed by atoms with E-state index in [1.807, 2.05) is 17.0 Å². The van der Waals surface area contributed by atoms with Gasteiger partial charge >= 0.3 is 0 Å². The lowest BCUT2D eigenvalue weighted by Crippen LogP contribution is -2.43. The molecule has 2 fully saturated rings. The van der Waals surface area contributed by atoms with E-state index in [-0.39, 0.29) is 36.9 Å². The molecule has 2 N–H and O–H groups in total. The lowest BCUT2D eigenvalue weighted by molar-refractivity contribution is -0.126. The molecule has 1 atom stereocenters. The Labute approximate surface area is 189 Å². The van der Waals surface area contributed by atoms with Crippen molar-refractivity contribution >= 4 is 57.0 Å². The number of hydrogen-bond donors (Lipinski definition) is 2. The van der Waals surface area contributed by atoms with Gasteiger partial charge in [-0.25, -0.2) is 0 Å². The number of amides is 3. The maximum absolute atomic E-state index is 12.8. The Morgan fingerprint density at radius 1 is 1.13 bits per heavy atom. The average Bonchev–Trinajstić information content (AvgIpc) is 3.38. The number of benzene rings is 1. The lowest BCUT2D eigenvalue weighted by atomic mass is 10.2. The van der Waals surface area contributed by atoms with Crippen molar-refractivity contribution in [3.63, 3.8) is 0 Å². The van der Waals surface area contributed by atoms with Crippen molar-refractivity contribution in [1.82, 2.24) is 4.90 Å². The minimum absolute atomic E-state index is 0.0762. The van der Waals surface area contributed by atoms with Gasteiger partial charge in [-0.05, 0) is 55.8 Å². The molecule has 164 valence electrons. The molecule has 3 amide bonds. The number of nitrogens with one attached hydrogen (secondary N) is 2. The number of carbonyl (C=O) groups is 3. The molecule has 4 rings (SSSR count). The van der Waals surface area contributed by atoms with Crippen LogP contribution in [0, 0.1) is 0 Å². The van der Waals surface area contributed by atoms with Crippen LogP contribution in [0.25, 0.3) is 0 Å². The van der Waals surface area contributed by atoms with E-state index in [0.29, 0.717) is 41.1 Å². The van der Waals surface area contributed by atoms with Crippen molar-refractivity contribution < 1.29 is 19.1 Å². The van der Waals surface area contributed by atoms with Crippen molar-refractivity contribution in [3.05, 3.63) is 40.7 Å². The summed E-state index contributed by atoms with van der Waals surface area (Å²) < 4.78 is 5.76. The molecule has 0 saturated carbocycles. The van der Waals surface area contributed by atoms with Crippen LogP contribution < -0.4 is 15.5 Å². The molecule has 0 aliphatic carbocycles. The van der Waals surface area contributed by atoms with Crippen LogP contribution in [0.15, 0.2) is 36.4 Å². The number of morpholine rings is 1. The zero-order valence-corrected chi connectivity index (χ0v) is 18.4. The molecular formula is C21H23ClN4O4S. The fourth-order valence-electron chi connectivity index (χ4n) is 3.80. The predicted molar refractivity (Wildman–Crippen MR) is 121 cm³/mol. The molecule has 0 bridgehead atoms. The molecule has 0 radical (unpaired) electrons. The highest BCUT2D eigenvalue weighted by molar-refractivity contribution is 7.20. The summed E-state index contributed by atoms with van der Waals surface area (Å²) in [6.45, 7) is 1.94. The Morgan fingerprint density at radius 3 is 2.65 bits per heavy atom. The van der Waals surface area contributed by atoms with Crippen LogP contribution in [-0.4, -0.2) is 61.5 Å². The molecule has 2 aliphatic heterocycles. The third-order valence-corrected chi connectivity index (χ3v) is 6.43. The van der Waals surface area contributed by atoms with Gasteiger partial charge < -0.3 is 20.3 Å². The van der Waals surface area contributed by atoms with Crippen molar-refractivity contribution in [3.8, 4) is 0 Å². The van der Waals surface area contributed by atoms with Gasteiger partial charge in [0.15, 0.2) is 0 Å². The molecule has 10 heteroatoms. The van der Waals surface area contributed by atoms with Gasteiger partial charge in [0.2, 0.25) is 11.8 Å². The van der Waals surface area contributed by atoms with Crippen LogP contribution in [0.3, 0.4) is 0 Å². The van der Waals surface area contributed by atoms with Gasteiger partial charge in [-0.2, -0.15) is 0 Å². The highest BCUT2D eigenvalue weighted by Gasteiger charge is 2.32. The number of rotatable bonds is 6. The van der Waals surface area contributed by atoms with Gasteiger partial charge in [0.25, 0.3) is 5.91 Å². The number of ether oxygens (including phenoxy) is 1. The maximum Gasteiger partial charge on any atom is 0.253 e. The first-order chi connectivity index (χ1) is 15.0. The second kappa shape index (κ2) is 9.78. The Bertz CT molecular complexity index is 965. The number of nitrogens with zero attached hydrogens (tertiary/aromatic N) is 2. The summed E-state index contributed by atoms with van der Waals surface area (Å²) in [4.78, 5) is 40.7. The second-order valence-corrected chi connectivity index (χ2v) is 9.13. The molecule has 3 heterocycles. The third kappa shape index (κ3) is 5.43. The normalized spacial score (nSPS) is 19.5. The molecule has 1 aromatic carbocycles. The van der Waals surface area contributed by atoms with Crippen LogP contribution in [-0.2, 0) is 19.1 Å². The highest BCUT2D eigenvalue weighted by Crippen LogP contribution is 2.26. The Morgan fingerprint density at radius 2 is 1.94 bits per heavy atom. The van der Waals surface area contributed by atoms with Gasteiger partial charge in [0, 0.05) is 17.9 Å². The smallest absolute Gasteiger partial charge is 0.253 e. The molecule has 1 aromatic heterocycles. The summed E-state index contributed by atoms with van der Waals surface area (Å²) in [7, 11) is 0. The molecule has 8 nitrogen and oxygen atoms in total. The first kappa shape index (κ1) is 21.8. The van der Waals surface area contributed by atoms with E-state index >= 15 is 0 Å². The number of halogens is 1. The fourth-order valence-corrected chi connectivity index (χ4v) is 4.76. The average molecular weight is 463 g/mol. The molecule has 2 aromatic rings. The van der Waals surface area contributed by atoms with Crippen LogP contribution in [0.1, 0.15) is 12.8 Å². The zero-order chi connectivity index (χ0) is 21.8. The van der Waals surface area contributed by atoms with E-state index in [4.69, 9.17) is 16.3 Å². The lowest BCUT2D eigenvalue weighted by Gasteiger charge is -2.27. The van der Waals surface area contributed by atoms with E-state index in [2.05, 4.69) is 10.6 Å². The van der Waals surface area contributed by atoms with E-state index in [1.165, 1.54) is 11.3 Å². The van der Waals surface area contributed by atoms with E-state index < -0.39 is 0 Å². The van der Waals surface area contributed by atoms with Gasteiger partial charge in [-0.3, -0.25) is 19.3 Å². The SMILES string of the molecule is O=C(CN1CCC[C@H]1C(=O)Nc1ccc(N2CCOCC2=O)cc1)Nc1ccc(Cl)s1. The molecular weight excluding hydrogens is 440 g/mol. The largest absolute Gasteiger partial charge is 0.370 e. The summed E-state index contributed by atoms with van der Waals surface area (Å²) in [5, 5.41) is 6.44. The summed E-state index contributed by atoms with van der Waals surface area (Å²) >= 11 is 7.19.